The Bertz CT molecular complexity index is 714. The molecular weight excluding hydrogens is 302 g/mol. The van der Waals surface area contributed by atoms with Gasteiger partial charge in [-0.25, -0.2) is 0 Å². The molecule has 0 spiro atoms. The van der Waals surface area contributed by atoms with Crippen LogP contribution in [-0.4, -0.2) is 29.3 Å². The van der Waals surface area contributed by atoms with Gasteiger partial charge in [-0.2, -0.15) is 4.98 Å². The van der Waals surface area contributed by atoms with Gasteiger partial charge in [-0.3, -0.25) is 0 Å². The van der Waals surface area contributed by atoms with Crippen molar-refractivity contribution < 1.29 is 9.26 Å². The zero-order chi connectivity index (χ0) is 16.1. The summed E-state index contributed by atoms with van der Waals surface area (Å²) in [7, 11) is 1.70. The third-order valence-corrected chi connectivity index (χ3v) is 5.95. The van der Waals surface area contributed by atoms with E-state index in [9.17, 15) is 0 Å². The molecule has 0 amide bonds. The Morgan fingerprint density at radius 2 is 1.79 bits per heavy atom. The van der Waals surface area contributed by atoms with E-state index < -0.39 is 0 Å². The first kappa shape index (κ1) is 14.5. The summed E-state index contributed by atoms with van der Waals surface area (Å²) >= 11 is 0. The first-order valence-corrected chi connectivity index (χ1v) is 9.03. The van der Waals surface area contributed by atoms with E-state index in [2.05, 4.69) is 22.6 Å². The molecule has 0 radical (unpaired) electrons. The lowest BCUT2D eigenvalue weighted by Gasteiger charge is -2.26. The van der Waals surface area contributed by atoms with Crippen molar-refractivity contribution in [3.8, 4) is 5.75 Å². The second kappa shape index (κ2) is 5.59. The van der Waals surface area contributed by atoms with Crippen LogP contribution >= 0.6 is 0 Å². The molecule has 1 aliphatic carbocycles. The highest BCUT2D eigenvalue weighted by Gasteiger charge is 2.44. The topological polar surface area (TPSA) is 60.2 Å². The molecule has 3 aliphatic rings. The van der Waals surface area contributed by atoms with Gasteiger partial charge in [0.1, 0.15) is 5.75 Å². The van der Waals surface area contributed by atoms with Crippen LogP contribution in [0.3, 0.4) is 0 Å². The van der Waals surface area contributed by atoms with Gasteiger partial charge in [-0.15, -0.1) is 0 Å². The van der Waals surface area contributed by atoms with Crippen molar-refractivity contribution in [2.24, 2.45) is 0 Å². The summed E-state index contributed by atoms with van der Waals surface area (Å²) in [6, 6.07) is 9.65. The number of hydrogen-bond donors (Lipinski definition) is 1. The van der Waals surface area contributed by atoms with Crippen LogP contribution in [0.2, 0.25) is 0 Å². The summed E-state index contributed by atoms with van der Waals surface area (Å²) in [5.74, 6) is 4.03. The molecule has 126 valence electrons. The third-order valence-electron chi connectivity index (χ3n) is 5.95. The summed E-state index contributed by atoms with van der Waals surface area (Å²) in [4.78, 5) is 4.77. The number of hydrogen-bond acceptors (Lipinski definition) is 5. The normalized spacial score (nSPS) is 34.3. The number of methoxy groups -OCH3 is 1. The van der Waals surface area contributed by atoms with Crippen LogP contribution in [0.25, 0.3) is 0 Å². The fourth-order valence-electron chi connectivity index (χ4n) is 4.52. The van der Waals surface area contributed by atoms with E-state index in [0.29, 0.717) is 29.8 Å². The molecule has 24 heavy (non-hydrogen) atoms. The molecule has 5 heteroatoms. The van der Waals surface area contributed by atoms with Crippen molar-refractivity contribution >= 4 is 0 Å². The lowest BCUT2D eigenvalue weighted by atomic mass is 9.92. The Morgan fingerprint density at radius 1 is 1.04 bits per heavy atom. The zero-order valence-corrected chi connectivity index (χ0v) is 13.9. The fourth-order valence-corrected chi connectivity index (χ4v) is 4.52. The van der Waals surface area contributed by atoms with Gasteiger partial charge in [0.05, 0.1) is 7.11 Å². The molecule has 2 aliphatic heterocycles. The number of aromatic nitrogens is 2. The minimum absolute atomic E-state index is 0.387. The summed E-state index contributed by atoms with van der Waals surface area (Å²) < 4.78 is 10.9. The van der Waals surface area contributed by atoms with Crippen LogP contribution in [-0.2, 0) is 0 Å². The predicted molar refractivity (Wildman–Crippen MR) is 89.3 cm³/mol. The van der Waals surface area contributed by atoms with E-state index in [0.717, 1.165) is 36.7 Å². The van der Waals surface area contributed by atoms with Gasteiger partial charge < -0.3 is 14.6 Å². The fraction of sp³-hybridized carbons (Fsp3) is 0.579. The quantitative estimate of drug-likeness (QED) is 0.934. The average Bonchev–Trinajstić information content (AvgIpc) is 3.14. The Labute approximate surface area is 141 Å². The molecule has 1 saturated carbocycles. The van der Waals surface area contributed by atoms with E-state index in [1.165, 1.54) is 18.4 Å². The van der Waals surface area contributed by atoms with Gasteiger partial charge in [0, 0.05) is 23.9 Å². The van der Waals surface area contributed by atoms with E-state index >= 15 is 0 Å². The zero-order valence-electron chi connectivity index (χ0n) is 13.9. The molecule has 2 unspecified atom stereocenters. The number of benzene rings is 1. The van der Waals surface area contributed by atoms with Crippen molar-refractivity contribution in [1.82, 2.24) is 15.5 Å². The van der Waals surface area contributed by atoms with Crippen molar-refractivity contribution in [1.29, 1.82) is 0 Å². The number of ether oxygens (including phenoxy) is 1. The molecule has 5 nitrogen and oxygen atoms in total. The molecular formula is C19H23N3O2. The smallest absolute Gasteiger partial charge is 0.230 e. The molecule has 1 N–H and O–H groups in total. The van der Waals surface area contributed by atoms with Crippen LogP contribution < -0.4 is 10.1 Å². The van der Waals surface area contributed by atoms with Crippen LogP contribution in [0, 0.1) is 0 Å². The molecule has 2 saturated heterocycles. The lowest BCUT2D eigenvalue weighted by Crippen LogP contribution is -2.37. The van der Waals surface area contributed by atoms with E-state index in [4.69, 9.17) is 14.2 Å². The number of rotatable bonds is 4. The molecule has 3 heterocycles. The molecule has 2 bridgehead atoms. The Hall–Kier alpha value is -1.88. The summed E-state index contributed by atoms with van der Waals surface area (Å²) in [6.45, 7) is 0. The highest BCUT2D eigenvalue weighted by molar-refractivity contribution is 5.35. The Balaban J connectivity index is 1.28. The van der Waals surface area contributed by atoms with Crippen LogP contribution in [0.5, 0.6) is 5.75 Å². The van der Waals surface area contributed by atoms with Gasteiger partial charge >= 0.3 is 0 Å². The van der Waals surface area contributed by atoms with Crippen molar-refractivity contribution in [3.63, 3.8) is 0 Å². The predicted octanol–water partition coefficient (Wildman–Crippen LogP) is 3.35. The molecule has 2 aromatic rings. The second-order valence-electron chi connectivity index (χ2n) is 7.52. The monoisotopic (exact) mass is 325 g/mol. The summed E-state index contributed by atoms with van der Waals surface area (Å²) in [5, 5.41) is 7.99. The minimum Gasteiger partial charge on any atom is -0.497 e. The van der Waals surface area contributed by atoms with Crippen molar-refractivity contribution in [2.45, 2.75) is 61.9 Å². The molecule has 1 aromatic carbocycles. The molecule has 1 aromatic heterocycles. The maximum atomic E-state index is 5.62. The highest BCUT2D eigenvalue weighted by Crippen LogP contribution is 2.54. The van der Waals surface area contributed by atoms with Crippen LogP contribution in [0.1, 0.15) is 67.1 Å². The van der Waals surface area contributed by atoms with Gasteiger partial charge in [-0.05, 0) is 55.7 Å². The molecule has 4 atom stereocenters. The minimum atomic E-state index is 0.387. The van der Waals surface area contributed by atoms with Crippen LogP contribution in [0.15, 0.2) is 28.8 Å². The number of nitrogens with zero attached hydrogens (tertiary/aromatic N) is 2. The number of nitrogens with one attached hydrogen (secondary N) is 1. The maximum absolute atomic E-state index is 5.62. The lowest BCUT2D eigenvalue weighted by molar-refractivity contribution is 0.332. The molecule has 3 fully saturated rings. The Kier molecular flexibility index (Phi) is 3.37. The van der Waals surface area contributed by atoms with Gasteiger partial charge in [-0.1, -0.05) is 17.3 Å². The Morgan fingerprint density at radius 3 is 2.50 bits per heavy atom. The van der Waals surface area contributed by atoms with Gasteiger partial charge in [0.15, 0.2) is 5.82 Å². The van der Waals surface area contributed by atoms with Gasteiger partial charge in [0.25, 0.3) is 0 Å². The molecule has 5 rings (SSSR count). The van der Waals surface area contributed by atoms with E-state index in [1.54, 1.807) is 7.11 Å². The number of piperidine rings is 1. The van der Waals surface area contributed by atoms with Gasteiger partial charge in [0.2, 0.25) is 5.89 Å². The second-order valence-corrected chi connectivity index (χ2v) is 7.52. The SMILES string of the molecule is COc1ccc([C@@H]2C[C@H]2c2nc(C3CC4CCC(C3)N4)no2)cc1. The summed E-state index contributed by atoms with van der Waals surface area (Å²) in [5.41, 5.74) is 1.33. The number of fused-ring (bicyclic) bond motifs is 2. The third kappa shape index (κ3) is 2.51. The highest BCUT2D eigenvalue weighted by atomic mass is 16.5. The standard InChI is InChI=1S/C19H23N3O2/c1-23-15-6-2-11(3-7-15)16-10-17(16)19-21-18(22-24-19)12-8-13-4-5-14(9-12)20-13/h2-3,6-7,12-14,16-17,20H,4-5,8-10H2,1H3/t12?,13?,14?,16-,17+/m0/s1. The first-order chi connectivity index (χ1) is 11.8. The average molecular weight is 325 g/mol. The van der Waals surface area contributed by atoms with Crippen molar-refractivity contribution in [3.05, 3.63) is 41.5 Å². The largest absolute Gasteiger partial charge is 0.497 e. The maximum Gasteiger partial charge on any atom is 0.230 e. The van der Waals surface area contributed by atoms with Crippen molar-refractivity contribution in [2.75, 3.05) is 7.11 Å². The first-order valence-electron chi connectivity index (χ1n) is 9.03. The van der Waals surface area contributed by atoms with Crippen LogP contribution in [0.4, 0.5) is 0 Å². The summed E-state index contributed by atoms with van der Waals surface area (Å²) in [6.07, 6.45) is 6.01. The van der Waals surface area contributed by atoms with E-state index in [1.807, 2.05) is 12.1 Å². The van der Waals surface area contributed by atoms with E-state index in [-0.39, 0.29) is 0 Å².